The number of rotatable bonds is 5. The summed E-state index contributed by atoms with van der Waals surface area (Å²) in [5.41, 5.74) is 3.69. The van der Waals surface area contributed by atoms with Gasteiger partial charge in [-0.2, -0.15) is 9.90 Å². The number of amides is 1. The maximum absolute atomic E-state index is 12.5. The first kappa shape index (κ1) is 17.6. The number of hydrogen-bond acceptors (Lipinski definition) is 5. The van der Waals surface area contributed by atoms with Crippen LogP contribution in [0, 0.1) is 13.8 Å². The van der Waals surface area contributed by atoms with E-state index in [-0.39, 0.29) is 12.5 Å². The molecular formula is C20H19N7O. The molecule has 2 aromatic heterocycles. The predicted molar refractivity (Wildman–Crippen MR) is 105 cm³/mol. The van der Waals surface area contributed by atoms with E-state index in [2.05, 4.69) is 25.8 Å². The van der Waals surface area contributed by atoms with Crippen LogP contribution < -0.4 is 5.32 Å². The van der Waals surface area contributed by atoms with Crippen molar-refractivity contribution in [3.05, 3.63) is 71.9 Å². The van der Waals surface area contributed by atoms with Gasteiger partial charge in [0.05, 0.1) is 11.4 Å². The van der Waals surface area contributed by atoms with Gasteiger partial charge in [-0.05, 0) is 31.2 Å². The van der Waals surface area contributed by atoms with Crippen LogP contribution >= 0.6 is 0 Å². The molecule has 0 aliphatic carbocycles. The molecule has 0 fully saturated rings. The fourth-order valence-electron chi connectivity index (χ4n) is 2.80. The van der Waals surface area contributed by atoms with Gasteiger partial charge in [0.2, 0.25) is 11.7 Å². The highest BCUT2D eigenvalue weighted by Gasteiger charge is 2.13. The van der Waals surface area contributed by atoms with Crippen LogP contribution in [0.25, 0.3) is 17.1 Å². The number of hydrogen-bond donors (Lipinski definition) is 1. The van der Waals surface area contributed by atoms with Crippen molar-refractivity contribution in [3.63, 3.8) is 0 Å². The Morgan fingerprint density at radius 1 is 1.00 bits per heavy atom. The van der Waals surface area contributed by atoms with Crippen LogP contribution in [-0.4, -0.2) is 35.9 Å². The van der Waals surface area contributed by atoms with Gasteiger partial charge < -0.3 is 5.32 Å². The Bertz CT molecular complexity index is 1100. The maximum atomic E-state index is 12.5. The first-order chi connectivity index (χ1) is 13.6. The molecule has 0 aliphatic rings. The lowest BCUT2D eigenvalue weighted by Crippen LogP contribution is -2.22. The third kappa shape index (κ3) is 3.80. The minimum atomic E-state index is -0.259. The zero-order chi connectivity index (χ0) is 19.5. The molecule has 1 amide bonds. The number of carbonyl (C=O) groups excluding carboxylic acids is 1. The van der Waals surface area contributed by atoms with Gasteiger partial charge in [-0.3, -0.25) is 4.79 Å². The Kier molecular flexibility index (Phi) is 4.67. The number of nitrogens with one attached hydrogen (secondary N) is 1. The summed E-state index contributed by atoms with van der Waals surface area (Å²) >= 11 is 0. The summed E-state index contributed by atoms with van der Waals surface area (Å²) in [5, 5.41) is 19.6. The summed E-state index contributed by atoms with van der Waals surface area (Å²) in [4.78, 5) is 13.8. The van der Waals surface area contributed by atoms with Gasteiger partial charge >= 0.3 is 0 Å². The number of carbonyl (C=O) groups is 1. The average Bonchev–Trinajstić information content (AvgIpc) is 3.29. The van der Waals surface area contributed by atoms with Gasteiger partial charge in [0, 0.05) is 11.6 Å². The van der Waals surface area contributed by atoms with Gasteiger partial charge in [-0.15, -0.1) is 10.2 Å². The highest BCUT2D eigenvalue weighted by Crippen LogP contribution is 2.18. The van der Waals surface area contributed by atoms with Gasteiger partial charge in [0.1, 0.15) is 12.4 Å². The molecule has 0 radical (unpaired) electrons. The Balaban J connectivity index is 1.49. The SMILES string of the molecule is Cc1ccc(-n2nc(C)cc2NC(=O)Cn2nnc(-c3ccccc3)n2)cc1. The van der Waals surface area contributed by atoms with E-state index >= 15 is 0 Å². The van der Waals surface area contributed by atoms with Gasteiger partial charge in [-0.1, -0.05) is 48.0 Å². The summed E-state index contributed by atoms with van der Waals surface area (Å²) in [7, 11) is 0. The predicted octanol–water partition coefficient (Wildman–Crippen LogP) is 2.78. The lowest BCUT2D eigenvalue weighted by molar-refractivity contribution is -0.117. The third-order valence-electron chi connectivity index (χ3n) is 4.15. The van der Waals surface area contributed by atoms with Gasteiger partial charge in [-0.25, -0.2) is 4.68 Å². The molecule has 4 rings (SSSR count). The summed E-state index contributed by atoms with van der Waals surface area (Å²) in [6, 6.07) is 19.3. The van der Waals surface area contributed by atoms with Crippen molar-refractivity contribution >= 4 is 11.7 Å². The van der Waals surface area contributed by atoms with Crippen molar-refractivity contribution < 1.29 is 4.79 Å². The van der Waals surface area contributed by atoms with Crippen LogP contribution in [0.5, 0.6) is 0 Å². The molecule has 8 nitrogen and oxygen atoms in total. The zero-order valence-electron chi connectivity index (χ0n) is 15.6. The standard InChI is InChI=1S/C20H19N7O/c1-14-8-10-17(11-9-14)27-18(12-15(2)23-27)21-19(28)13-26-24-20(22-25-26)16-6-4-3-5-7-16/h3-12H,13H2,1-2H3,(H,21,28). The van der Waals surface area contributed by atoms with Crippen molar-refractivity contribution in [1.29, 1.82) is 0 Å². The fraction of sp³-hybridized carbons (Fsp3) is 0.150. The van der Waals surface area contributed by atoms with E-state index in [1.807, 2.05) is 74.5 Å². The maximum Gasteiger partial charge on any atom is 0.249 e. The van der Waals surface area contributed by atoms with E-state index < -0.39 is 0 Å². The second-order valence-corrected chi connectivity index (χ2v) is 6.48. The van der Waals surface area contributed by atoms with Crippen LogP contribution in [0.15, 0.2) is 60.7 Å². The topological polar surface area (TPSA) is 90.5 Å². The molecule has 0 aliphatic heterocycles. The molecule has 0 atom stereocenters. The van der Waals surface area contributed by atoms with E-state index in [1.54, 1.807) is 4.68 Å². The van der Waals surface area contributed by atoms with E-state index in [4.69, 9.17) is 0 Å². The Morgan fingerprint density at radius 3 is 2.50 bits per heavy atom. The molecule has 2 heterocycles. The molecule has 28 heavy (non-hydrogen) atoms. The number of benzene rings is 2. The average molecular weight is 373 g/mol. The van der Waals surface area contributed by atoms with E-state index in [9.17, 15) is 4.79 Å². The number of anilines is 1. The van der Waals surface area contributed by atoms with E-state index in [0.717, 1.165) is 22.5 Å². The molecule has 2 aromatic carbocycles. The van der Waals surface area contributed by atoms with Gasteiger partial charge in [0.15, 0.2) is 0 Å². The number of aryl methyl sites for hydroxylation is 2. The Hall–Kier alpha value is -3.81. The van der Waals surface area contributed by atoms with Gasteiger partial charge in [0.25, 0.3) is 0 Å². The molecule has 0 saturated heterocycles. The summed E-state index contributed by atoms with van der Waals surface area (Å²) in [6.07, 6.45) is 0. The normalized spacial score (nSPS) is 10.8. The lowest BCUT2D eigenvalue weighted by Gasteiger charge is -2.09. The van der Waals surface area contributed by atoms with Crippen molar-refractivity contribution in [2.45, 2.75) is 20.4 Å². The van der Waals surface area contributed by atoms with Crippen LogP contribution in [0.3, 0.4) is 0 Å². The third-order valence-corrected chi connectivity index (χ3v) is 4.15. The second kappa shape index (κ2) is 7.43. The fourth-order valence-corrected chi connectivity index (χ4v) is 2.80. The Morgan fingerprint density at radius 2 is 1.75 bits per heavy atom. The molecule has 0 saturated carbocycles. The van der Waals surface area contributed by atoms with E-state index in [1.165, 1.54) is 4.80 Å². The van der Waals surface area contributed by atoms with Crippen LogP contribution in [0.1, 0.15) is 11.3 Å². The molecule has 140 valence electrons. The molecule has 4 aromatic rings. The summed E-state index contributed by atoms with van der Waals surface area (Å²) in [5.74, 6) is 0.814. The number of tetrazole rings is 1. The smallest absolute Gasteiger partial charge is 0.249 e. The Labute approximate surface area is 161 Å². The molecular weight excluding hydrogens is 354 g/mol. The van der Waals surface area contributed by atoms with Crippen molar-refractivity contribution in [2.24, 2.45) is 0 Å². The molecule has 0 unspecified atom stereocenters. The van der Waals surface area contributed by atoms with E-state index in [0.29, 0.717) is 11.6 Å². The summed E-state index contributed by atoms with van der Waals surface area (Å²) in [6.45, 7) is 3.86. The zero-order valence-corrected chi connectivity index (χ0v) is 15.6. The van der Waals surface area contributed by atoms with Crippen LogP contribution in [-0.2, 0) is 11.3 Å². The first-order valence-electron chi connectivity index (χ1n) is 8.85. The highest BCUT2D eigenvalue weighted by atomic mass is 16.2. The summed E-state index contributed by atoms with van der Waals surface area (Å²) < 4.78 is 1.71. The number of aromatic nitrogens is 6. The largest absolute Gasteiger partial charge is 0.309 e. The van der Waals surface area contributed by atoms with Crippen molar-refractivity contribution in [1.82, 2.24) is 30.0 Å². The monoisotopic (exact) mass is 373 g/mol. The quantitative estimate of drug-likeness (QED) is 0.581. The minimum absolute atomic E-state index is 0.0437. The highest BCUT2D eigenvalue weighted by molar-refractivity contribution is 5.90. The lowest BCUT2D eigenvalue weighted by atomic mass is 10.2. The number of nitrogens with zero attached hydrogens (tertiary/aromatic N) is 6. The minimum Gasteiger partial charge on any atom is -0.309 e. The first-order valence-corrected chi connectivity index (χ1v) is 8.85. The van der Waals surface area contributed by atoms with Crippen LogP contribution in [0.4, 0.5) is 5.82 Å². The van der Waals surface area contributed by atoms with Crippen molar-refractivity contribution in [2.75, 3.05) is 5.32 Å². The molecule has 1 N–H and O–H groups in total. The molecule has 8 heteroatoms. The molecule has 0 spiro atoms. The molecule has 0 bridgehead atoms. The van der Waals surface area contributed by atoms with Crippen molar-refractivity contribution in [3.8, 4) is 17.1 Å². The second-order valence-electron chi connectivity index (χ2n) is 6.48. The van der Waals surface area contributed by atoms with Crippen LogP contribution in [0.2, 0.25) is 0 Å².